The van der Waals surface area contributed by atoms with E-state index in [0.717, 1.165) is 28.2 Å². The molecule has 0 atom stereocenters. The van der Waals surface area contributed by atoms with E-state index in [2.05, 4.69) is 93.3 Å². The third-order valence-corrected chi connectivity index (χ3v) is 8.82. The topological polar surface area (TPSA) is 43.7 Å². The molecule has 192 valence electrons. The molecule has 3 nitrogen and oxygen atoms in total. The molecule has 2 aliphatic carbocycles. The summed E-state index contributed by atoms with van der Waals surface area (Å²) in [6.45, 7) is 8.94. The van der Waals surface area contributed by atoms with Gasteiger partial charge in [-0.15, -0.1) is 0 Å². The quantitative estimate of drug-likeness (QED) is 0.255. The largest absolute Gasteiger partial charge is 0.508 e. The summed E-state index contributed by atoms with van der Waals surface area (Å²) >= 11 is 0. The molecule has 5 aromatic carbocycles. The van der Waals surface area contributed by atoms with Gasteiger partial charge in [0.1, 0.15) is 11.5 Å². The molecule has 0 saturated heterocycles. The highest BCUT2D eigenvalue weighted by molar-refractivity contribution is 5.88. The number of nitrogens with zero attached hydrogens (tertiary/aromatic N) is 1. The monoisotopic (exact) mass is 509 g/mol. The second-order valence-electron chi connectivity index (χ2n) is 11.8. The molecule has 2 aliphatic rings. The molecule has 7 rings (SSSR count). The van der Waals surface area contributed by atoms with E-state index in [0.29, 0.717) is 11.5 Å². The third-order valence-electron chi connectivity index (χ3n) is 8.82. The van der Waals surface area contributed by atoms with Crippen molar-refractivity contribution in [2.75, 3.05) is 4.90 Å². The van der Waals surface area contributed by atoms with Crippen molar-refractivity contribution in [3.05, 3.63) is 125 Å². The van der Waals surface area contributed by atoms with Crippen LogP contribution in [0.2, 0.25) is 0 Å². The third kappa shape index (κ3) is 3.36. The zero-order valence-electron chi connectivity index (χ0n) is 22.7. The van der Waals surface area contributed by atoms with E-state index in [-0.39, 0.29) is 10.8 Å². The molecule has 0 heterocycles. The molecule has 0 saturated carbocycles. The molecule has 0 bridgehead atoms. The van der Waals surface area contributed by atoms with E-state index < -0.39 is 0 Å². The van der Waals surface area contributed by atoms with E-state index in [1.54, 1.807) is 12.1 Å². The first-order chi connectivity index (χ1) is 18.7. The first-order valence-electron chi connectivity index (χ1n) is 13.5. The number of rotatable bonds is 3. The molecular formula is C36H31NO2. The minimum atomic E-state index is -0.231. The highest BCUT2D eigenvalue weighted by Crippen LogP contribution is 2.53. The van der Waals surface area contributed by atoms with Crippen molar-refractivity contribution in [1.82, 2.24) is 0 Å². The van der Waals surface area contributed by atoms with Crippen LogP contribution in [0.15, 0.2) is 103 Å². The van der Waals surface area contributed by atoms with Crippen LogP contribution < -0.4 is 4.90 Å². The Labute approximate surface area is 229 Å². The first-order valence-corrected chi connectivity index (χ1v) is 13.5. The summed E-state index contributed by atoms with van der Waals surface area (Å²) in [7, 11) is 0. The van der Waals surface area contributed by atoms with Crippen LogP contribution in [0.4, 0.5) is 17.1 Å². The van der Waals surface area contributed by atoms with Crippen LogP contribution in [-0.4, -0.2) is 10.2 Å². The Morgan fingerprint density at radius 2 is 0.821 bits per heavy atom. The lowest BCUT2D eigenvalue weighted by atomic mass is 9.82. The van der Waals surface area contributed by atoms with Gasteiger partial charge in [0.05, 0.1) is 0 Å². The van der Waals surface area contributed by atoms with Crippen molar-refractivity contribution in [3.63, 3.8) is 0 Å². The summed E-state index contributed by atoms with van der Waals surface area (Å²) in [6, 6.07) is 35.4. The van der Waals surface area contributed by atoms with Gasteiger partial charge in [-0.25, -0.2) is 0 Å². The van der Waals surface area contributed by atoms with E-state index in [4.69, 9.17) is 0 Å². The van der Waals surface area contributed by atoms with Crippen LogP contribution in [-0.2, 0) is 10.8 Å². The number of para-hydroxylation sites is 1. The van der Waals surface area contributed by atoms with Gasteiger partial charge in [0, 0.05) is 27.9 Å². The van der Waals surface area contributed by atoms with Crippen LogP contribution >= 0.6 is 0 Å². The van der Waals surface area contributed by atoms with Crippen molar-refractivity contribution < 1.29 is 10.2 Å². The smallest absolute Gasteiger partial charge is 0.115 e. The molecule has 5 aromatic rings. The molecule has 0 aliphatic heterocycles. The summed E-state index contributed by atoms with van der Waals surface area (Å²) in [6.07, 6.45) is 0. The minimum absolute atomic E-state index is 0.231. The highest BCUT2D eigenvalue weighted by atomic mass is 16.3. The molecule has 0 amide bonds. The Morgan fingerprint density at radius 1 is 0.436 bits per heavy atom. The number of benzene rings is 5. The van der Waals surface area contributed by atoms with Crippen LogP contribution in [0.3, 0.4) is 0 Å². The van der Waals surface area contributed by atoms with Gasteiger partial charge in [0.25, 0.3) is 0 Å². The van der Waals surface area contributed by atoms with Gasteiger partial charge < -0.3 is 15.1 Å². The van der Waals surface area contributed by atoms with Gasteiger partial charge in [-0.1, -0.05) is 70.2 Å². The van der Waals surface area contributed by atoms with Crippen LogP contribution in [0.5, 0.6) is 11.5 Å². The molecule has 0 aromatic heterocycles. The van der Waals surface area contributed by atoms with Gasteiger partial charge in [0.2, 0.25) is 0 Å². The highest BCUT2D eigenvalue weighted by Gasteiger charge is 2.38. The van der Waals surface area contributed by atoms with Crippen LogP contribution in [0.25, 0.3) is 22.3 Å². The van der Waals surface area contributed by atoms with Crippen molar-refractivity contribution in [2.24, 2.45) is 0 Å². The summed E-state index contributed by atoms with van der Waals surface area (Å²) in [5.41, 5.74) is 12.4. The number of anilines is 3. The average molecular weight is 510 g/mol. The number of hydrogen-bond donors (Lipinski definition) is 2. The summed E-state index contributed by atoms with van der Waals surface area (Å²) in [5, 5.41) is 20.5. The van der Waals surface area contributed by atoms with Crippen LogP contribution in [0, 0.1) is 0 Å². The number of phenols is 2. The number of aromatic hydroxyl groups is 2. The number of fused-ring (bicyclic) bond motifs is 6. The Kier molecular flexibility index (Phi) is 4.84. The van der Waals surface area contributed by atoms with Crippen molar-refractivity contribution >= 4 is 17.1 Å². The van der Waals surface area contributed by atoms with Crippen molar-refractivity contribution in [3.8, 4) is 33.8 Å². The SMILES string of the molecule is CC1(C)c2cc(O)ccc2-c2ccc(N(c3ccccc3)c3ccc4c(c3)C(C)(C)c3cc(O)ccc3-4)cc21. The van der Waals surface area contributed by atoms with Gasteiger partial charge in [-0.2, -0.15) is 0 Å². The van der Waals surface area contributed by atoms with Gasteiger partial charge in [-0.05, 0) is 105 Å². The summed E-state index contributed by atoms with van der Waals surface area (Å²) in [4.78, 5) is 2.33. The standard InChI is InChI=1S/C36H31NO2/c1-35(2)31-18-23(10-14-27(31)29-16-12-25(38)20-33(29)35)37(22-8-6-5-7-9-22)24-11-15-28-30-17-13-26(39)21-34(30)36(3,4)32(28)19-24/h5-21,38-39H,1-4H3. The summed E-state index contributed by atoms with van der Waals surface area (Å²) in [5.74, 6) is 0.603. The van der Waals surface area contributed by atoms with Crippen molar-refractivity contribution in [2.45, 2.75) is 38.5 Å². The predicted molar refractivity (Wildman–Crippen MR) is 160 cm³/mol. The normalized spacial score (nSPS) is 15.3. The fraction of sp³-hybridized carbons (Fsp3) is 0.167. The maximum atomic E-state index is 10.2. The lowest BCUT2D eigenvalue weighted by Crippen LogP contribution is -2.18. The first kappa shape index (κ1) is 23.6. The molecule has 3 heteroatoms. The van der Waals surface area contributed by atoms with E-state index in [1.165, 1.54) is 33.4 Å². The Hall–Kier alpha value is -4.50. The lowest BCUT2D eigenvalue weighted by Gasteiger charge is -2.29. The second kappa shape index (κ2) is 8.00. The molecule has 0 spiro atoms. The molecular weight excluding hydrogens is 478 g/mol. The zero-order chi connectivity index (χ0) is 27.1. The maximum Gasteiger partial charge on any atom is 0.115 e. The number of phenolic OH excluding ortho intramolecular Hbond substituents is 2. The lowest BCUT2D eigenvalue weighted by molar-refractivity contribution is 0.472. The fourth-order valence-electron chi connectivity index (χ4n) is 6.73. The maximum absolute atomic E-state index is 10.2. The molecule has 0 unspecified atom stereocenters. The van der Waals surface area contributed by atoms with Gasteiger partial charge in [0.15, 0.2) is 0 Å². The van der Waals surface area contributed by atoms with E-state index >= 15 is 0 Å². The zero-order valence-corrected chi connectivity index (χ0v) is 22.7. The molecule has 39 heavy (non-hydrogen) atoms. The predicted octanol–water partition coefficient (Wildman–Crippen LogP) is 9.18. The molecule has 0 fully saturated rings. The van der Waals surface area contributed by atoms with E-state index in [1.807, 2.05) is 30.3 Å². The second-order valence-corrected chi connectivity index (χ2v) is 11.8. The van der Waals surface area contributed by atoms with Gasteiger partial charge >= 0.3 is 0 Å². The van der Waals surface area contributed by atoms with Gasteiger partial charge in [-0.3, -0.25) is 0 Å². The average Bonchev–Trinajstić information content (AvgIpc) is 3.28. The van der Waals surface area contributed by atoms with Crippen molar-refractivity contribution in [1.29, 1.82) is 0 Å². The Bertz CT molecular complexity index is 1670. The molecule has 0 radical (unpaired) electrons. The molecule has 2 N–H and O–H groups in total. The Morgan fingerprint density at radius 3 is 1.26 bits per heavy atom. The fourth-order valence-corrected chi connectivity index (χ4v) is 6.73. The Balaban J connectivity index is 1.40. The van der Waals surface area contributed by atoms with Crippen LogP contribution in [0.1, 0.15) is 49.9 Å². The van der Waals surface area contributed by atoms with E-state index in [9.17, 15) is 10.2 Å². The minimum Gasteiger partial charge on any atom is -0.508 e. The summed E-state index contributed by atoms with van der Waals surface area (Å²) < 4.78 is 0. The number of hydrogen-bond acceptors (Lipinski definition) is 3.